The van der Waals surface area contributed by atoms with Gasteiger partial charge in [0, 0.05) is 7.26 Å². The zero-order valence-electron chi connectivity index (χ0n) is 11.0. The van der Waals surface area contributed by atoms with Crippen molar-refractivity contribution < 1.29 is 21.8 Å². The van der Waals surface area contributed by atoms with Crippen LogP contribution in [0.5, 0.6) is 0 Å². The molecule has 0 saturated heterocycles. The third-order valence-electron chi connectivity index (χ3n) is 3.34. The van der Waals surface area contributed by atoms with Gasteiger partial charge in [-0.2, -0.15) is 0 Å². The zero-order valence-corrected chi connectivity index (χ0v) is 13.5. The highest BCUT2D eigenvalue weighted by molar-refractivity contribution is 7.75. The van der Waals surface area contributed by atoms with E-state index in [0.29, 0.717) is 6.16 Å². The topological polar surface area (TPSA) is 55.1 Å². The van der Waals surface area contributed by atoms with Gasteiger partial charge in [-0.15, -0.1) is 0 Å². The molecule has 0 saturated carbocycles. The van der Waals surface area contributed by atoms with Gasteiger partial charge in [0.05, 0.1) is 18.5 Å². The van der Waals surface area contributed by atoms with Crippen LogP contribution in [0.1, 0.15) is 19.4 Å². The summed E-state index contributed by atoms with van der Waals surface area (Å²) in [5, 5.41) is 0. The molecule has 102 valence electrons. The molecule has 5 heteroatoms. The van der Waals surface area contributed by atoms with Crippen LogP contribution in [-0.4, -0.2) is 24.4 Å². The monoisotopic (exact) mass is 332 g/mol. The molecule has 0 atom stereocenters. The second-order valence-corrected chi connectivity index (χ2v) is 8.92. The molecule has 0 fully saturated rings. The molecule has 0 aromatic heterocycles. The number of carbonyl (C=O) groups is 1. The molecule has 0 spiro atoms. The molecule has 1 amide bonds. The van der Waals surface area contributed by atoms with Crippen molar-refractivity contribution in [2.45, 2.75) is 20.0 Å². The molecule has 1 rings (SSSR count). The van der Waals surface area contributed by atoms with Crippen molar-refractivity contribution in [3.05, 3.63) is 35.9 Å². The Bertz CT molecular complexity index is 355. The summed E-state index contributed by atoms with van der Waals surface area (Å²) in [6.07, 6.45) is 3.82. The second-order valence-electron chi connectivity index (χ2n) is 4.34. The molecule has 3 nitrogen and oxygen atoms in total. The van der Waals surface area contributed by atoms with Crippen molar-refractivity contribution in [3.8, 4) is 0 Å². The molecular weight excluding hydrogens is 311 g/mol. The zero-order chi connectivity index (χ0) is 12.7. The average molecular weight is 333 g/mol. The summed E-state index contributed by atoms with van der Waals surface area (Å²) >= 11 is 0. The van der Waals surface area contributed by atoms with Crippen molar-refractivity contribution in [3.63, 3.8) is 0 Å². The number of carbonyl (C=O) groups excluding carboxylic acids is 1. The van der Waals surface area contributed by atoms with E-state index >= 15 is 0 Å². The maximum absolute atomic E-state index is 11.5. The van der Waals surface area contributed by atoms with Crippen molar-refractivity contribution in [1.29, 1.82) is 0 Å². The lowest BCUT2D eigenvalue weighted by molar-refractivity contribution is -0.118. The molecule has 0 unspecified atom stereocenters. The molecule has 1 aromatic rings. The summed E-state index contributed by atoms with van der Waals surface area (Å²) in [5.41, 5.74) is 3.59. The van der Waals surface area contributed by atoms with Crippen LogP contribution in [0.15, 0.2) is 30.3 Å². The van der Waals surface area contributed by atoms with Gasteiger partial charge >= 0.3 is 0 Å². The van der Waals surface area contributed by atoms with E-state index in [1.165, 1.54) is 5.56 Å². The summed E-state index contributed by atoms with van der Waals surface area (Å²) < 4.78 is 0. The molecular formula is C13H22BrN2OP. The predicted molar refractivity (Wildman–Crippen MR) is 75.3 cm³/mol. The number of rotatable bonds is 6. The summed E-state index contributed by atoms with van der Waals surface area (Å²) in [6.45, 7) is 4.37. The highest BCUT2D eigenvalue weighted by Gasteiger charge is 2.36. The third kappa shape index (κ3) is 5.05. The fourth-order valence-electron chi connectivity index (χ4n) is 2.05. The Balaban J connectivity index is 0.00000289. The van der Waals surface area contributed by atoms with Crippen LogP contribution in [0, 0.1) is 0 Å². The predicted octanol–water partition coefficient (Wildman–Crippen LogP) is -0.762. The summed E-state index contributed by atoms with van der Waals surface area (Å²) in [5.74, 6) is 5.17. The minimum absolute atomic E-state index is 0. The lowest BCUT2D eigenvalue weighted by Gasteiger charge is -2.24. The van der Waals surface area contributed by atoms with Gasteiger partial charge in [0.2, 0.25) is 0 Å². The number of benzene rings is 1. The van der Waals surface area contributed by atoms with E-state index in [4.69, 9.17) is 5.84 Å². The van der Waals surface area contributed by atoms with Gasteiger partial charge in [-0.05, 0) is 19.4 Å². The van der Waals surface area contributed by atoms with Crippen LogP contribution in [0.3, 0.4) is 0 Å². The van der Waals surface area contributed by atoms with Crippen LogP contribution >= 0.6 is 7.26 Å². The molecule has 1 aromatic carbocycles. The van der Waals surface area contributed by atoms with E-state index in [1.807, 2.05) is 6.07 Å². The van der Waals surface area contributed by atoms with E-state index in [0.717, 1.165) is 18.5 Å². The Kier molecular flexibility index (Phi) is 8.41. The Morgan fingerprint density at radius 1 is 1.22 bits per heavy atom. The van der Waals surface area contributed by atoms with E-state index in [2.05, 4.69) is 43.5 Å². The number of hydrazine groups is 1. The number of hydrogen-bond acceptors (Lipinski definition) is 2. The number of nitrogens with one attached hydrogen (secondary N) is 1. The largest absolute Gasteiger partial charge is 1.00 e. The summed E-state index contributed by atoms with van der Waals surface area (Å²) in [6, 6.07) is 10.4. The lowest BCUT2D eigenvalue weighted by Crippen LogP contribution is -3.00. The van der Waals surface area contributed by atoms with E-state index in [9.17, 15) is 4.79 Å². The van der Waals surface area contributed by atoms with Crippen LogP contribution in [0.4, 0.5) is 0 Å². The molecule has 0 aliphatic carbocycles. The van der Waals surface area contributed by atoms with Crippen molar-refractivity contribution >= 4 is 13.2 Å². The molecule has 0 radical (unpaired) electrons. The van der Waals surface area contributed by atoms with Gasteiger partial charge in [0.25, 0.3) is 5.91 Å². The highest BCUT2D eigenvalue weighted by atomic mass is 79.9. The van der Waals surface area contributed by atoms with Crippen LogP contribution in [0.25, 0.3) is 0 Å². The first kappa shape index (κ1) is 17.6. The number of halogens is 1. The van der Waals surface area contributed by atoms with Crippen LogP contribution in [-0.2, 0) is 11.0 Å². The first-order valence-electron chi connectivity index (χ1n) is 6.04. The normalized spacial score (nSPS) is 10.6. The number of hydrogen-bond donors (Lipinski definition) is 2. The van der Waals surface area contributed by atoms with E-state index in [-0.39, 0.29) is 22.9 Å². The minimum Gasteiger partial charge on any atom is -1.00 e. The Morgan fingerprint density at radius 3 is 2.22 bits per heavy atom. The van der Waals surface area contributed by atoms with Crippen molar-refractivity contribution in [1.82, 2.24) is 5.43 Å². The Morgan fingerprint density at radius 2 is 1.78 bits per heavy atom. The number of amides is 1. The highest BCUT2D eigenvalue weighted by Crippen LogP contribution is 2.60. The average Bonchev–Trinajstić information content (AvgIpc) is 2.39. The second kappa shape index (κ2) is 8.63. The molecule has 0 heterocycles. The molecule has 0 bridgehead atoms. The first-order chi connectivity index (χ1) is 8.15. The van der Waals surface area contributed by atoms with Gasteiger partial charge in [0.15, 0.2) is 0 Å². The van der Waals surface area contributed by atoms with Gasteiger partial charge < -0.3 is 17.0 Å². The van der Waals surface area contributed by atoms with Crippen LogP contribution in [0.2, 0.25) is 0 Å². The molecule has 0 aliphatic rings. The fraction of sp³-hybridized carbons (Fsp3) is 0.462. The SMILES string of the molecule is CC[P+](CC)(CC(=O)NN)Cc1ccccc1.[Br-]. The van der Waals surface area contributed by atoms with Crippen LogP contribution < -0.4 is 28.2 Å². The standard InChI is InChI=1S/C13H21N2OP.BrH/c1-3-17(4-2,11-13(16)15-14)10-12-8-6-5-7-9-12;/h5-9H,3-4,10-11,14H2,1-2H3;1H. The third-order valence-corrected chi connectivity index (χ3v) is 8.02. The molecule has 18 heavy (non-hydrogen) atoms. The number of nitrogens with two attached hydrogens (primary N) is 1. The summed E-state index contributed by atoms with van der Waals surface area (Å²) in [7, 11) is -1.24. The first-order valence-corrected chi connectivity index (χ1v) is 8.57. The van der Waals surface area contributed by atoms with E-state index in [1.54, 1.807) is 0 Å². The molecule has 0 aliphatic heterocycles. The van der Waals surface area contributed by atoms with Gasteiger partial charge in [0.1, 0.15) is 6.16 Å². The summed E-state index contributed by atoms with van der Waals surface area (Å²) in [4.78, 5) is 11.5. The lowest BCUT2D eigenvalue weighted by atomic mass is 10.2. The fourth-order valence-corrected chi connectivity index (χ4v) is 5.19. The minimum atomic E-state index is -1.24. The Labute approximate surface area is 121 Å². The Hall–Kier alpha value is -0.440. The quantitative estimate of drug-likeness (QED) is 0.311. The van der Waals surface area contributed by atoms with Gasteiger partial charge in [-0.1, -0.05) is 30.3 Å². The smallest absolute Gasteiger partial charge is 0.271 e. The van der Waals surface area contributed by atoms with Crippen molar-refractivity contribution in [2.75, 3.05) is 18.5 Å². The van der Waals surface area contributed by atoms with E-state index < -0.39 is 7.26 Å². The van der Waals surface area contributed by atoms with Crippen molar-refractivity contribution in [2.24, 2.45) is 5.84 Å². The van der Waals surface area contributed by atoms with Gasteiger partial charge in [-0.3, -0.25) is 10.2 Å². The maximum atomic E-state index is 11.5. The molecule has 3 N–H and O–H groups in total. The maximum Gasteiger partial charge on any atom is 0.271 e. The van der Waals surface area contributed by atoms with Gasteiger partial charge in [-0.25, -0.2) is 5.84 Å².